The number of nitrogens with zero attached hydrogens (tertiary/aromatic N) is 1. The summed E-state index contributed by atoms with van der Waals surface area (Å²) in [5, 5.41) is 9.17. The summed E-state index contributed by atoms with van der Waals surface area (Å²) < 4.78 is 5.45. The predicted molar refractivity (Wildman–Crippen MR) is 74.7 cm³/mol. The molecule has 0 fully saturated rings. The third-order valence-electron chi connectivity index (χ3n) is 3.39. The molecule has 0 aliphatic carbocycles. The number of benzene rings is 1. The molecule has 1 unspecified atom stereocenters. The Morgan fingerprint density at radius 2 is 1.89 bits per heavy atom. The fourth-order valence-corrected chi connectivity index (χ4v) is 1.96. The summed E-state index contributed by atoms with van der Waals surface area (Å²) in [6.07, 6.45) is 0.760. The van der Waals surface area contributed by atoms with Crippen molar-refractivity contribution >= 4 is 0 Å². The zero-order valence-corrected chi connectivity index (χ0v) is 12.0. The molecule has 0 spiro atoms. The smallest absolute Gasteiger partial charge is 0.122 e. The van der Waals surface area contributed by atoms with Gasteiger partial charge in [0.25, 0.3) is 0 Å². The standard InChI is InChI=1S/C16H23NO/c1-11(2)13-6-7-14(16(9-13)18-5)8-15(10-17)12(3)4/h6-7,9,11-12,15H,8H2,1-5H3. The van der Waals surface area contributed by atoms with Gasteiger partial charge in [-0.2, -0.15) is 5.26 Å². The average Bonchev–Trinajstić information content (AvgIpc) is 2.35. The molecule has 0 aromatic heterocycles. The SMILES string of the molecule is COc1cc(C(C)C)ccc1CC(C#N)C(C)C. The maximum Gasteiger partial charge on any atom is 0.122 e. The third kappa shape index (κ3) is 3.50. The van der Waals surface area contributed by atoms with E-state index in [0.29, 0.717) is 11.8 Å². The summed E-state index contributed by atoms with van der Waals surface area (Å²) in [4.78, 5) is 0. The van der Waals surface area contributed by atoms with E-state index in [0.717, 1.165) is 17.7 Å². The van der Waals surface area contributed by atoms with Crippen LogP contribution in [0, 0.1) is 23.2 Å². The Kier molecular flexibility index (Phi) is 5.22. The molecule has 1 rings (SSSR count). The van der Waals surface area contributed by atoms with Gasteiger partial charge in [-0.1, -0.05) is 39.8 Å². The molecule has 2 nitrogen and oxygen atoms in total. The van der Waals surface area contributed by atoms with Crippen molar-refractivity contribution in [2.24, 2.45) is 11.8 Å². The monoisotopic (exact) mass is 245 g/mol. The second-order valence-electron chi connectivity index (χ2n) is 5.41. The number of nitriles is 1. The van der Waals surface area contributed by atoms with Crippen LogP contribution < -0.4 is 4.74 Å². The van der Waals surface area contributed by atoms with E-state index in [1.165, 1.54) is 5.56 Å². The summed E-state index contributed by atoms with van der Waals surface area (Å²) in [6.45, 7) is 8.51. The van der Waals surface area contributed by atoms with Crippen molar-refractivity contribution in [1.82, 2.24) is 0 Å². The van der Waals surface area contributed by atoms with Crippen molar-refractivity contribution in [3.05, 3.63) is 29.3 Å². The minimum Gasteiger partial charge on any atom is -0.496 e. The number of rotatable bonds is 5. The summed E-state index contributed by atoms with van der Waals surface area (Å²) >= 11 is 0. The van der Waals surface area contributed by atoms with E-state index in [1.807, 2.05) is 0 Å². The van der Waals surface area contributed by atoms with Gasteiger partial charge >= 0.3 is 0 Å². The highest BCUT2D eigenvalue weighted by Gasteiger charge is 2.16. The van der Waals surface area contributed by atoms with Crippen LogP contribution in [0.15, 0.2) is 18.2 Å². The molecule has 0 aliphatic rings. The second kappa shape index (κ2) is 6.44. The molecule has 1 aromatic carbocycles. The van der Waals surface area contributed by atoms with Crippen molar-refractivity contribution in [2.75, 3.05) is 7.11 Å². The van der Waals surface area contributed by atoms with Crippen molar-refractivity contribution in [3.8, 4) is 11.8 Å². The number of hydrogen-bond acceptors (Lipinski definition) is 2. The number of hydrogen-bond donors (Lipinski definition) is 0. The van der Waals surface area contributed by atoms with Gasteiger partial charge in [0, 0.05) is 0 Å². The van der Waals surface area contributed by atoms with Crippen LogP contribution in [0.4, 0.5) is 0 Å². The number of methoxy groups -OCH3 is 1. The first-order chi connectivity index (χ1) is 8.49. The molecule has 98 valence electrons. The van der Waals surface area contributed by atoms with E-state index >= 15 is 0 Å². The molecule has 1 aromatic rings. The van der Waals surface area contributed by atoms with E-state index in [1.54, 1.807) is 7.11 Å². The largest absolute Gasteiger partial charge is 0.496 e. The summed E-state index contributed by atoms with van der Waals surface area (Å²) in [5.41, 5.74) is 2.40. The van der Waals surface area contributed by atoms with Gasteiger partial charge in [-0.15, -0.1) is 0 Å². The first-order valence-corrected chi connectivity index (χ1v) is 6.56. The van der Waals surface area contributed by atoms with E-state index in [4.69, 9.17) is 4.74 Å². The summed E-state index contributed by atoms with van der Waals surface area (Å²) in [7, 11) is 1.69. The van der Waals surface area contributed by atoms with E-state index in [9.17, 15) is 5.26 Å². The predicted octanol–water partition coefficient (Wildman–Crippen LogP) is 4.16. The highest BCUT2D eigenvalue weighted by atomic mass is 16.5. The Hall–Kier alpha value is -1.49. The molecule has 0 N–H and O–H groups in total. The summed E-state index contributed by atoms with van der Waals surface area (Å²) in [5.74, 6) is 1.81. The molecule has 1 atom stereocenters. The number of ether oxygens (including phenoxy) is 1. The maximum atomic E-state index is 9.17. The van der Waals surface area contributed by atoms with Gasteiger partial charge < -0.3 is 4.74 Å². The first-order valence-electron chi connectivity index (χ1n) is 6.56. The van der Waals surface area contributed by atoms with Gasteiger partial charge in [0.2, 0.25) is 0 Å². The zero-order chi connectivity index (χ0) is 13.7. The van der Waals surface area contributed by atoms with Gasteiger partial charge in [0.15, 0.2) is 0 Å². The van der Waals surface area contributed by atoms with Crippen LogP contribution in [0.5, 0.6) is 5.75 Å². The van der Waals surface area contributed by atoms with E-state index in [2.05, 4.69) is 52.0 Å². The van der Waals surface area contributed by atoms with Crippen LogP contribution in [0.1, 0.15) is 44.7 Å². The Labute approximate surface area is 111 Å². The zero-order valence-electron chi connectivity index (χ0n) is 12.0. The molecule has 18 heavy (non-hydrogen) atoms. The van der Waals surface area contributed by atoms with Crippen molar-refractivity contribution < 1.29 is 4.74 Å². The molecule has 0 bridgehead atoms. The summed E-state index contributed by atoms with van der Waals surface area (Å²) in [6, 6.07) is 8.71. The first kappa shape index (κ1) is 14.6. The highest BCUT2D eigenvalue weighted by molar-refractivity contribution is 5.39. The third-order valence-corrected chi connectivity index (χ3v) is 3.39. The van der Waals surface area contributed by atoms with Crippen molar-refractivity contribution in [2.45, 2.75) is 40.0 Å². The Balaban J connectivity index is 2.99. The van der Waals surface area contributed by atoms with Gasteiger partial charge in [-0.25, -0.2) is 0 Å². The van der Waals surface area contributed by atoms with Crippen LogP contribution in [0.3, 0.4) is 0 Å². The lowest BCUT2D eigenvalue weighted by Gasteiger charge is -2.16. The van der Waals surface area contributed by atoms with E-state index in [-0.39, 0.29) is 5.92 Å². The lowest BCUT2D eigenvalue weighted by molar-refractivity contribution is 0.400. The minimum absolute atomic E-state index is 0.0452. The van der Waals surface area contributed by atoms with Gasteiger partial charge in [-0.3, -0.25) is 0 Å². The van der Waals surface area contributed by atoms with Gasteiger partial charge in [0.1, 0.15) is 5.75 Å². The van der Waals surface area contributed by atoms with Crippen LogP contribution in [-0.2, 0) is 6.42 Å². The Morgan fingerprint density at radius 1 is 1.22 bits per heavy atom. The molecule has 0 aliphatic heterocycles. The lowest BCUT2D eigenvalue weighted by Crippen LogP contribution is -2.10. The van der Waals surface area contributed by atoms with Gasteiger partial charge in [-0.05, 0) is 35.4 Å². The quantitative estimate of drug-likeness (QED) is 0.780. The van der Waals surface area contributed by atoms with Crippen LogP contribution >= 0.6 is 0 Å². The molecule has 2 heteroatoms. The fourth-order valence-electron chi connectivity index (χ4n) is 1.96. The van der Waals surface area contributed by atoms with Gasteiger partial charge in [0.05, 0.1) is 19.1 Å². The fraction of sp³-hybridized carbons (Fsp3) is 0.562. The van der Waals surface area contributed by atoms with Crippen LogP contribution in [0.2, 0.25) is 0 Å². The molecule has 0 saturated carbocycles. The van der Waals surface area contributed by atoms with Crippen molar-refractivity contribution in [1.29, 1.82) is 5.26 Å². The average molecular weight is 245 g/mol. The topological polar surface area (TPSA) is 33.0 Å². The highest BCUT2D eigenvalue weighted by Crippen LogP contribution is 2.28. The molecule has 0 heterocycles. The Bertz CT molecular complexity index is 429. The Morgan fingerprint density at radius 3 is 2.33 bits per heavy atom. The second-order valence-corrected chi connectivity index (χ2v) is 5.41. The molecule has 0 amide bonds. The normalized spacial score (nSPS) is 12.6. The molecular weight excluding hydrogens is 222 g/mol. The molecule has 0 saturated heterocycles. The van der Waals surface area contributed by atoms with Crippen LogP contribution in [-0.4, -0.2) is 7.11 Å². The van der Waals surface area contributed by atoms with Crippen LogP contribution in [0.25, 0.3) is 0 Å². The maximum absolute atomic E-state index is 9.17. The van der Waals surface area contributed by atoms with Crippen molar-refractivity contribution in [3.63, 3.8) is 0 Å². The molecule has 0 radical (unpaired) electrons. The van der Waals surface area contributed by atoms with E-state index < -0.39 is 0 Å². The minimum atomic E-state index is 0.0452. The lowest BCUT2D eigenvalue weighted by atomic mass is 9.89. The molecular formula is C16H23NO.